The van der Waals surface area contributed by atoms with Crippen LogP contribution in [0.15, 0.2) is 48.7 Å². The molecule has 9 nitrogen and oxygen atoms in total. The van der Waals surface area contributed by atoms with Crippen molar-refractivity contribution in [2.45, 2.75) is 58.3 Å². The topological polar surface area (TPSA) is 123 Å². The fourth-order valence-electron chi connectivity index (χ4n) is 4.59. The Balaban J connectivity index is 1.67. The molecule has 3 aromatic rings. The van der Waals surface area contributed by atoms with E-state index in [1.165, 1.54) is 0 Å². The van der Waals surface area contributed by atoms with Crippen LogP contribution in [0.1, 0.15) is 43.1 Å². The quantitative estimate of drug-likeness (QED) is 0.279. The number of anilines is 1. The molecule has 0 aliphatic carbocycles. The van der Waals surface area contributed by atoms with E-state index in [0.717, 1.165) is 16.5 Å². The molecule has 1 aromatic heterocycles. The Bertz CT molecular complexity index is 1180. The molecule has 0 radical (unpaired) electrons. The average Bonchev–Trinajstić information content (AvgIpc) is 3.44. The minimum atomic E-state index is -2.95. The van der Waals surface area contributed by atoms with Crippen molar-refractivity contribution < 1.29 is 19.0 Å². The Morgan fingerprint density at radius 3 is 2.58 bits per heavy atom. The zero-order chi connectivity index (χ0) is 25.9. The summed E-state index contributed by atoms with van der Waals surface area (Å²) in [5.41, 5.74) is 2.75. The summed E-state index contributed by atoms with van der Waals surface area (Å²) in [5.74, 6) is -0.0247. The van der Waals surface area contributed by atoms with Crippen LogP contribution in [0.5, 0.6) is 0 Å². The second-order valence-corrected chi connectivity index (χ2v) is 11.7. The largest absolute Gasteiger partial charge is 0.390 e. The normalized spacial score (nSPS) is 17.9. The third kappa shape index (κ3) is 5.84. The predicted molar refractivity (Wildman–Crippen MR) is 146 cm³/mol. The summed E-state index contributed by atoms with van der Waals surface area (Å²) in [6.07, 6.45) is 2.05. The molecule has 196 valence electrons. The number of carbonyl (C=O) groups excluding carboxylic acids is 1. The monoisotopic (exact) mass is 515 g/mol. The van der Waals surface area contributed by atoms with E-state index in [4.69, 9.17) is 0 Å². The van der Waals surface area contributed by atoms with Crippen molar-refractivity contribution >= 4 is 33.3 Å². The van der Waals surface area contributed by atoms with E-state index in [9.17, 15) is 19.0 Å². The second-order valence-electron chi connectivity index (χ2n) is 9.58. The highest BCUT2D eigenvalue weighted by Crippen LogP contribution is 2.52. The molecule has 2 aromatic carbocycles. The van der Waals surface area contributed by atoms with E-state index in [2.05, 4.69) is 15.7 Å². The number of benzene rings is 2. The number of hydrogen-bond donors (Lipinski definition) is 5. The first kappa shape index (κ1) is 26.4. The molecule has 1 fully saturated rings. The number of aryl methyl sites for hydroxylation is 1. The minimum Gasteiger partial charge on any atom is -0.390 e. The van der Waals surface area contributed by atoms with Gasteiger partial charge < -0.3 is 15.7 Å². The molecule has 1 aliphatic heterocycles. The van der Waals surface area contributed by atoms with Gasteiger partial charge in [0.2, 0.25) is 0 Å². The van der Waals surface area contributed by atoms with Crippen LogP contribution in [-0.4, -0.2) is 66.9 Å². The number of carbonyl (C=O) groups is 1. The molecule has 1 saturated heterocycles. The van der Waals surface area contributed by atoms with Crippen molar-refractivity contribution in [3.05, 3.63) is 59.8 Å². The van der Waals surface area contributed by atoms with Crippen LogP contribution in [0.2, 0.25) is 0 Å². The SMILES string of the molecule is CCn1ncc2c(N3CCCS3(O)O)cc(C(=O)N[C@@H](Cc3ccccc3)[C@H](O)CNC(C)C)cc21. The smallest absolute Gasteiger partial charge is 0.251 e. The van der Waals surface area contributed by atoms with Gasteiger partial charge in [0, 0.05) is 36.6 Å². The van der Waals surface area contributed by atoms with E-state index in [1.807, 2.05) is 51.1 Å². The summed E-state index contributed by atoms with van der Waals surface area (Å²) in [7, 11) is -2.95. The molecular formula is C26H37N5O4S. The first-order valence-electron chi connectivity index (χ1n) is 12.5. The lowest BCUT2D eigenvalue weighted by molar-refractivity contribution is 0.0827. The Kier molecular flexibility index (Phi) is 8.21. The van der Waals surface area contributed by atoms with Gasteiger partial charge >= 0.3 is 0 Å². The molecule has 1 amide bonds. The van der Waals surface area contributed by atoms with Crippen molar-refractivity contribution in [3.8, 4) is 0 Å². The molecule has 2 atom stereocenters. The number of aliphatic hydroxyl groups is 1. The van der Waals surface area contributed by atoms with E-state index in [1.54, 1.807) is 27.3 Å². The molecule has 0 unspecified atom stereocenters. The first-order chi connectivity index (χ1) is 17.2. The summed E-state index contributed by atoms with van der Waals surface area (Å²) in [6, 6.07) is 12.9. The van der Waals surface area contributed by atoms with Gasteiger partial charge in [0.1, 0.15) is 0 Å². The Hall–Kier alpha value is -2.63. The molecule has 36 heavy (non-hydrogen) atoms. The number of aliphatic hydroxyl groups excluding tert-OH is 1. The van der Waals surface area contributed by atoms with E-state index in [0.29, 0.717) is 49.5 Å². The van der Waals surface area contributed by atoms with Crippen molar-refractivity contribution in [1.29, 1.82) is 0 Å². The van der Waals surface area contributed by atoms with E-state index < -0.39 is 22.9 Å². The fraction of sp³-hybridized carbons (Fsp3) is 0.462. The molecule has 2 heterocycles. The van der Waals surface area contributed by atoms with Crippen molar-refractivity contribution in [1.82, 2.24) is 20.4 Å². The molecule has 4 rings (SSSR count). The maximum absolute atomic E-state index is 13.6. The van der Waals surface area contributed by atoms with Crippen molar-refractivity contribution in [2.75, 3.05) is 23.1 Å². The lowest BCUT2D eigenvalue weighted by Crippen LogP contribution is -2.49. The van der Waals surface area contributed by atoms with Gasteiger partial charge in [0.15, 0.2) is 0 Å². The zero-order valence-electron chi connectivity index (χ0n) is 21.1. The summed E-state index contributed by atoms with van der Waals surface area (Å²) in [5, 5.41) is 22.5. The van der Waals surface area contributed by atoms with Gasteiger partial charge in [0.25, 0.3) is 5.91 Å². The molecule has 0 spiro atoms. The highest BCUT2D eigenvalue weighted by atomic mass is 32.3. The lowest BCUT2D eigenvalue weighted by atomic mass is 10.00. The standard InChI is InChI=1S/C26H37N5O4S/c1-4-30-23-14-20(15-24(21(23)16-28-30)31-11-8-12-36(31,34)35)26(33)29-22(25(32)17-27-18(2)3)13-19-9-6-5-7-10-19/h5-7,9-10,14-16,18,22,25,27,32,34-35H,4,8,11-13,17H2,1-3H3,(H,29,33)/t22-,25+/m0/s1. The molecule has 1 aliphatic rings. The second kappa shape index (κ2) is 11.2. The van der Waals surface area contributed by atoms with Crippen molar-refractivity contribution in [3.63, 3.8) is 0 Å². The number of rotatable bonds is 10. The van der Waals surface area contributed by atoms with Gasteiger partial charge in [-0.1, -0.05) is 44.2 Å². The summed E-state index contributed by atoms with van der Waals surface area (Å²) in [4.78, 5) is 13.6. The Labute approximate surface area is 214 Å². The van der Waals surface area contributed by atoms with Crippen LogP contribution in [0.3, 0.4) is 0 Å². The molecule has 0 saturated carbocycles. The van der Waals surface area contributed by atoms with Crippen LogP contribution in [-0.2, 0) is 13.0 Å². The van der Waals surface area contributed by atoms with Gasteiger partial charge in [-0.05, 0) is 37.5 Å². The van der Waals surface area contributed by atoms with Gasteiger partial charge in [0.05, 0.1) is 35.3 Å². The van der Waals surface area contributed by atoms with E-state index in [-0.39, 0.29) is 11.9 Å². The lowest BCUT2D eigenvalue weighted by Gasteiger charge is -2.38. The van der Waals surface area contributed by atoms with Crippen LogP contribution in [0, 0.1) is 0 Å². The zero-order valence-corrected chi connectivity index (χ0v) is 21.9. The summed E-state index contributed by atoms with van der Waals surface area (Å²) < 4.78 is 24.7. The van der Waals surface area contributed by atoms with Crippen LogP contribution in [0.4, 0.5) is 5.69 Å². The number of aromatic nitrogens is 2. The van der Waals surface area contributed by atoms with Gasteiger partial charge in [-0.15, -0.1) is 10.8 Å². The molecule has 10 heteroatoms. The highest BCUT2D eigenvalue weighted by molar-refractivity contribution is 8.25. The fourth-order valence-corrected chi connectivity index (χ4v) is 6.21. The van der Waals surface area contributed by atoms with Crippen LogP contribution >= 0.6 is 10.8 Å². The van der Waals surface area contributed by atoms with Crippen molar-refractivity contribution in [2.24, 2.45) is 0 Å². The van der Waals surface area contributed by atoms with Gasteiger partial charge in [-0.2, -0.15) is 5.10 Å². The number of nitrogens with zero attached hydrogens (tertiary/aromatic N) is 3. The predicted octanol–water partition coefficient (Wildman–Crippen LogP) is 3.63. The Morgan fingerprint density at radius 1 is 1.19 bits per heavy atom. The number of nitrogens with one attached hydrogen (secondary N) is 2. The maximum Gasteiger partial charge on any atom is 0.251 e. The Morgan fingerprint density at radius 2 is 1.94 bits per heavy atom. The van der Waals surface area contributed by atoms with Crippen LogP contribution < -0.4 is 14.9 Å². The number of amides is 1. The van der Waals surface area contributed by atoms with E-state index >= 15 is 0 Å². The average molecular weight is 516 g/mol. The van der Waals surface area contributed by atoms with Gasteiger partial charge in [-0.3, -0.25) is 22.9 Å². The first-order valence-corrected chi connectivity index (χ1v) is 14.2. The third-order valence-electron chi connectivity index (χ3n) is 6.52. The maximum atomic E-state index is 13.6. The summed E-state index contributed by atoms with van der Waals surface area (Å²) >= 11 is 0. The highest BCUT2D eigenvalue weighted by Gasteiger charge is 2.32. The van der Waals surface area contributed by atoms with Crippen LogP contribution in [0.25, 0.3) is 10.9 Å². The number of fused-ring (bicyclic) bond motifs is 1. The number of hydrogen-bond acceptors (Lipinski definition) is 7. The summed E-state index contributed by atoms with van der Waals surface area (Å²) in [6.45, 7) is 7.44. The minimum absolute atomic E-state index is 0.201. The molecule has 0 bridgehead atoms. The molecular weight excluding hydrogens is 478 g/mol. The molecule has 5 N–H and O–H groups in total. The van der Waals surface area contributed by atoms with Gasteiger partial charge in [-0.25, -0.2) is 0 Å². The third-order valence-corrected chi connectivity index (χ3v) is 8.44.